The summed E-state index contributed by atoms with van der Waals surface area (Å²) in [4.78, 5) is -0.231. The Kier molecular flexibility index (Phi) is 2.89. The molecule has 108 valence electrons. The highest BCUT2D eigenvalue weighted by molar-refractivity contribution is 8.12. The zero-order chi connectivity index (χ0) is 14.7. The van der Waals surface area contributed by atoms with E-state index in [4.69, 9.17) is 0 Å². The molecule has 0 atom stereocenters. The van der Waals surface area contributed by atoms with Crippen molar-refractivity contribution in [3.63, 3.8) is 0 Å². The Morgan fingerprint density at radius 1 is 1.21 bits per heavy atom. The molecule has 1 aromatic heterocycles. The lowest BCUT2D eigenvalue weighted by molar-refractivity contribution is 0.484. The topological polar surface area (TPSA) is 120 Å². The van der Waals surface area contributed by atoms with Crippen molar-refractivity contribution < 1.29 is 25.3 Å². The van der Waals surface area contributed by atoms with Gasteiger partial charge in [-0.1, -0.05) is 0 Å². The third-order valence-electron chi connectivity index (χ3n) is 3.18. The first-order valence-electron chi connectivity index (χ1n) is 5.12. The van der Waals surface area contributed by atoms with Crippen molar-refractivity contribution in [2.45, 2.75) is 16.0 Å². The average Bonchev–Trinajstić information content (AvgIpc) is 2.78. The Morgan fingerprint density at radius 2 is 1.68 bits per heavy atom. The van der Waals surface area contributed by atoms with Crippen LogP contribution < -0.4 is 0 Å². The molecule has 0 unspecified atom stereocenters. The van der Waals surface area contributed by atoms with Gasteiger partial charge in [0.2, 0.25) is 0 Å². The van der Waals surface area contributed by atoms with Gasteiger partial charge in [0.15, 0.2) is 29.5 Å². The van der Waals surface area contributed by atoms with Crippen molar-refractivity contribution >= 4 is 29.5 Å². The fourth-order valence-electron chi connectivity index (χ4n) is 1.80. The number of rotatable bonds is 2. The summed E-state index contributed by atoms with van der Waals surface area (Å²) in [6.45, 7) is 1.02. The van der Waals surface area contributed by atoms with Gasteiger partial charge < -0.3 is 0 Å². The van der Waals surface area contributed by atoms with Crippen molar-refractivity contribution in [3.8, 4) is 0 Å². The maximum absolute atomic E-state index is 12.0. The zero-order valence-electron chi connectivity index (χ0n) is 10.1. The van der Waals surface area contributed by atoms with E-state index >= 15 is 0 Å². The predicted molar refractivity (Wildman–Crippen MR) is 66.6 cm³/mol. The van der Waals surface area contributed by atoms with Crippen LogP contribution in [-0.4, -0.2) is 52.8 Å². The molecule has 0 bridgehead atoms. The van der Waals surface area contributed by atoms with Gasteiger partial charge in [-0.25, -0.2) is 29.9 Å². The van der Waals surface area contributed by atoms with Gasteiger partial charge in [0.1, 0.15) is 4.90 Å². The van der Waals surface area contributed by atoms with Crippen molar-refractivity contribution in [2.24, 2.45) is 0 Å². The minimum Gasteiger partial charge on any atom is -0.235 e. The van der Waals surface area contributed by atoms with E-state index in [0.29, 0.717) is 4.68 Å². The van der Waals surface area contributed by atoms with Crippen LogP contribution in [0.1, 0.15) is 6.92 Å². The van der Waals surface area contributed by atoms with Crippen LogP contribution in [0.2, 0.25) is 0 Å². The normalized spacial score (nSPS) is 24.3. The summed E-state index contributed by atoms with van der Waals surface area (Å²) < 4.78 is 69.0. The molecule has 1 aliphatic rings. The maximum Gasteiger partial charge on any atom is 0.259 e. The Labute approximate surface area is 111 Å². The zero-order valence-corrected chi connectivity index (χ0v) is 12.6. The number of hydrogen-bond donors (Lipinski definition) is 0. The number of sulfone groups is 3. The van der Waals surface area contributed by atoms with E-state index in [1.165, 1.54) is 0 Å². The van der Waals surface area contributed by atoms with Crippen LogP contribution in [0.3, 0.4) is 0 Å². The minimum absolute atomic E-state index is 0.231. The SMILES string of the molecule is CC1(n2cc(S(C)(=O)=O)cn2)S(=O)(=O)CCS1(=O)=O. The molecule has 1 aliphatic heterocycles. The second-order valence-corrected chi connectivity index (χ2v) is 11.6. The van der Waals surface area contributed by atoms with Gasteiger partial charge in [-0.15, -0.1) is 0 Å². The van der Waals surface area contributed by atoms with E-state index < -0.39 is 45.2 Å². The van der Waals surface area contributed by atoms with Gasteiger partial charge in [-0.2, -0.15) is 5.10 Å². The smallest absolute Gasteiger partial charge is 0.235 e. The quantitative estimate of drug-likeness (QED) is 0.666. The van der Waals surface area contributed by atoms with E-state index in [1.807, 2.05) is 0 Å². The lowest BCUT2D eigenvalue weighted by Gasteiger charge is -2.22. The van der Waals surface area contributed by atoms with Gasteiger partial charge in [-0.3, -0.25) is 0 Å². The molecule has 0 amide bonds. The van der Waals surface area contributed by atoms with Crippen molar-refractivity contribution in [1.82, 2.24) is 9.78 Å². The van der Waals surface area contributed by atoms with Crippen LogP contribution in [0.15, 0.2) is 17.3 Å². The van der Waals surface area contributed by atoms with Gasteiger partial charge >= 0.3 is 0 Å². The first kappa shape index (κ1) is 14.5. The van der Waals surface area contributed by atoms with Crippen molar-refractivity contribution in [1.29, 1.82) is 0 Å². The molecule has 19 heavy (non-hydrogen) atoms. The molecule has 2 heterocycles. The summed E-state index contributed by atoms with van der Waals surface area (Å²) in [5.74, 6) is -1.00. The summed E-state index contributed by atoms with van der Waals surface area (Å²) in [7, 11) is -11.5. The molecule has 0 aliphatic carbocycles. The summed E-state index contributed by atoms with van der Waals surface area (Å²) in [6, 6.07) is 0. The van der Waals surface area contributed by atoms with E-state index in [9.17, 15) is 25.3 Å². The molecular weight excluding hydrogens is 316 g/mol. The molecule has 1 aromatic rings. The van der Waals surface area contributed by atoms with Crippen LogP contribution in [-0.2, 0) is 33.7 Å². The summed E-state index contributed by atoms with van der Waals surface area (Å²) >= 11 is 0. The molecule has 2 rings (SSSR count). The van der Waals surface area contributed by atoms with Crippen molar-refractivity contribution in [3.05, 3.63) is 12.4 Å². The summed E-state index contributed by atoms with van der Waals surface area (Å²) in [5.41, 5.74) is 0. The molecule has 0 spiro atoms. The highest BCUT2D eigenvalue weighted by atomic mass is 32.3. The first-order chi connectivity index (χ1) is 8.42. The molecule has 11 heteroatoms. The third-order valence-corrected chi connectivity index (χ3v) is 10.2. The Morgan fingerprint density at radius 3 is 2.05 bits per heavy atom. The van der Waals surface area contributed by atoms with Gasteiger partial charge in [0.25, 0.3) is 4.20 Å². The standard InChI is InChI=1S/C8H12N2O6S3/c1-8(18(13,14)3-4-19(8,15)16)10-6-7(5-9-10)17(2,11)12/h5-6H,3-4H2,1-2H3. The molecule has 1 saturated heterocycles. The van der Waals surface area contributed by atoms with Gasteiger partial charge in [-0.05, 0) is 6.92 Å². The van der Waals surface area contributed by atoms with Crippen LogP contribution >= 0.6 is 0 Å². The molecule has 8 nitrogen and oxygen atoms in total. The van der Waals surface area contributed by atoms with E-state index in [2.05, 4.69) is 5.10 Å². The van der Waals surface area contributed by atoms with Crippen LogP contribution in [0.5, 0.6) is 0 Å². The Bertz CT molecular complexity index is 797. The fourth-order valence-corrected chi connectivity index (χ4v) is 7.66. The lowest BCUT2D eigenvalue weighted by atomic mass is 10.7. The minimum atomic E-state index is -3.96. The molecule has 0 radical (unpaired) electrons. The highest BCUT2D eigenvalue weighted by Crippen LogP contribution is 2.37. The summed E-state index contributed by atoms with van der Waals surface area (Å²) in [5, 5.41) is 3.61. The summed E-state index contributed by atoms with van der Waals surface area (Å²) in [6.07, 6.45) is 2.79. The van der Waals surface area contributed by atoms with E-state index in [1.54, 1.807) is 0 Å². The fraction of sp³-hybridized carbons (Fsp3) is 0.625. The van der Waals surface area contributed by atoms with Crippen LogP contribution in [0.4, 0.5) is 0 Å². The number of aromatic nitrogens is 2. The van der Waals surface area contributed by atoms with Crippen LogP contribution in [0, 0.1) is 0 Å². The second-order valence-electron chi connectivity index (χ2n) is 4.43. The van der Waals surface area contributed by atoms with E-state index in [0.717, 1.165) is 25.6 Å². The first-order valence-corrected chi connectivity index (χ1v) is 10.3. The van der Waals surface area contributed by atoms with Crippen LogP contribution in [0.25, 0.3) is 0 Å². The number of hydrogen-bond acceptors (Lipinski definition) is 7. The molecule has 0 N–H and O–H groups in total. The maximum atomic E-state index is 12.0. The monoisotopic (exact) mass is 328 g/mol. The Hall–Kier alpha value is -0.940. The molecule has 1 fully saturated rings. The highest BCUT2D eigenvalue weighted by Gasteiger charge is 2.58. The lowest BCUT2D eigenvalue weighted by Crippen LogP contribution is -2.41. The average molecular weight is 328 g/mol. The Balaban J connectivity index is 2.73. The molecular formula is C8H12N2O6S3. The predicted octanol–water partition coefficient (Wildman–Crippen LogP) is -1.24. The largest absolute Gasteiger partial charge is 0.259 e. The van der Waals surface area contributed by atoms with E-state index in [-0.39, 0.29) is 4.90 Å². The van der Waals surface area contributed by atoms with Crippen molar-refractivity contribution in [2.75, 3.05) is 17.8 Å². The number of nitrogens with zero attached hydrogens (tertiary/aromatic N) is 2. The van der Waals surface area contributed by atoms with Gasteiger partial charge in [0.05, 0.1) is 17.7 Å². The third kappa shape index (κ3) is 1.91. The van der Waals surface area contributed by atoms with Gasteiger partial charge in [0, 0.05) is 12.5 Å². The molecule has 0 saturated carbocycles. The molecule has 0 aromatic carbocycles. The second kappa shape index (κ2) is 3.79.